The van der Waals surface area contributed by atoms with Crippen LogP contribution in [-0.4, -0.2) is 57.2 Å². The van der Waals surface area contributed by atoms with Crippen LogP contribution in [0.3, 0.4) is 0 Å². The third-order valence-electron chi connectivity index (χ3n) is 6.63. The molecule has 4 heterocycles. The number of carbonyl (C=O) groups excluding carboxylic acids is 1. The number of amides is 1. The molecule has 1 aliphatic carbocycles. The van der Waals surface area contributed by atoms with Gasteiger partial charge in [0.05, 0.1) is 0 Å². The second kappa shape index (κ2) is 9.62. The lowest BCUT2D eigenvalue weighted by molar-refractivity contribution is 0.0924. The van der Waals surface area contributed by atoms with Crippen molar-refractivity contribution < 1.29 is 9.21 Å². The molecule has 2 fully saturated rings. The van der Waals surface area contributed by atoms with Gasteiger partial charge in [-0.2, -0.15) is 10.1 Å². The van der Waals surface area contributed by atoms with Crippen LogP contribution in [0.25, 0.3) is 11.0 Å². The predicted octanol–water partition coefficient (Wildman–Crippen LogP) is 4.44. The molecule has 1 saturated carbocycles. The minimum absolute atomic E-state index is 0.194. The number of carbonyl (C=O) groups is 1. The minimum atomic E-state index is -0.194. The summed E-state index contributed by atoms with van der Waals surface area (Å²) in [6, 6.07) is 11.3. The Bertz CT molecular complexity index is 1380. The molecule has 6 rings (SSSR count). The maximum Gasteiger partial charge on any atom is 0.287 e. The Balaban J connectivity index is 1.11. The quantitative estimate of drug-likeness (QED) is 0.274. The Labute approximate surface area is 208 Å². The molecule has 2 aliphatic rings. The zero-order chi connectivity index (χ0) is 24.5. The third-order valence-corrected chi connectivity index (χ3v) is 6.63. The fraction of sp³-hybridized carbons (Fsp3) is 0.385. The fourth-order valence-electron chi connectivity index (χ4n) is 4.61. The number of nitrogens with one attached hydrogen (secondary N) is 4. The summed E-state index contributed by atoms with van der Waals surface area (Å²) in [6.07, 6.45) is 4.91. The summed E-state index contributed by atoms with van der Waals surface area (Å²) < 4.78 is 5.78. The molecule has 0 bridgehead atoms. The van der Waals surface area contributed by atoms with Crippen LogP contribution in [0.15, 0.2) is 40.8 Å². The molecule has 186 valence electrons. The van der Waals surface area contributed by atoms with E-state index < -0.39 is 0 Å². The van der Waals surface area contributed by atoms with Crippen molar-refractivity contribution in [1.29, 1.82) is 0 Å². The van der Waals surface area contributed by atoms with Gasteiger partial charge < -0.3 is 25.3 Å². The number of aromatic amines is 1. The summed E-state index contributed by atoms with van der Waals surface area (Å²) in [5, 5.41) is 17.8. The number of hydrogen-bond donors (Lipinski definition) is 4. The van der Waals surface area contributed by atoms with Gasteiger partial charge in [0, 0.05) is 53.6 Å². The first kappa shape index (κ1) is 22.5. The molecule has 0 unspecified atom stereocenters. The highest BCUT2D eigenvalue weighted by molar-refractivity contribution is 5.96. The smallest absolute Gasteiger partial charge is 0.287 e. The largest absolute Gasteiger partial charge is 0.451 e. The Morgan fingerprint density at radius 3 is 2.78 bits per heavy atom. The Hall–Kier alpha value is -3.92. The van der Waals surface area contributed by atoms with Crippen LogP contribution in [0.2, 0.25) is 0 Å². The zero-order valence-electron chi connectivity index (χ0n) is 20.3. The molecule has 0 atom stereocenters. The number of rotatable bonds is 9. The topological polar surface area (TPSA) is 124 Å². The Morgan fingerprint density at radius 1 is 1.08 bits per heavy atom. The summed E-state index contributed by atoms with van der Waals surface area (Å²) in [4.78, 5) is 24.0. The van der Waals surface area contributed by atoms with Gasteiger partial charge in [-0.25, -0.2) is 4.98 Å². The molecular formula is C26H30N8O2. The number of anilines is 4. The van der Waals surface area contributed by atoms with Gasteiger partial charge in [-0.15, -0.1) is 0 Å². The maximum atomic E-state index is 12.6. The van der Waals surface area contributed by atoms with E-state index in [1.54, 1.807) is 6.07 Å². The van der Waals surface area contributed by atoms with Crippen LogP contribution in [0.5, 0.6) is 0 Å². The summed E-state index contributed by atoms with van der Waals surface area (Å²) in [7, 11) is 0. The minimum Gasteiger partial charge on any atom is -0.451 e. The first-order chi connectivity index (χ1) is 17.6. The predicted molar refractivity (Wildman–Crippen MR) is 138 cm³/mol. The zero-order valence-corrected chi connectivity index (χ0v) is 20.3. The number of benzene rings is 1. The second-order valence-electron chi connectivity index (χ2n) is 9.62. The highest BCUT2D eigenvalue weighted by atomic mass is 16.3. The number of nitrogens with zero attached hydrogens (tertiary/aromatic N) is 4. The standard InChI is InChI=1S/C26H30N8O2/c1-16-12-23(30-24-15-20(32-33-24)17-4-5-17)31-26(28-16)29-19-6-7-21-18(13-19)14-22(36-21)25(35)27-8-11-34-9-2-3-10-34/h6-7,12-15,17H,2-5,8-11H2,1H3,(H,27,35)(H3,28,29,30,31,32,33). The van der Waals surface area contributed by atoms with Gasteiger partial charge in [-0.05, 0) is 70.0 Å². The highest BCUT2D eigenvalue weighted by Gasteiger charge is 2.25. The SMILES string of the molecule is Cc1cc(Nc2cc(C3CC3)[nH]n2)nc(Nc2ccc3oc(C(=O)NCCN4CCCC4)cc3c2)n1. The van der Waals surface area contributed by atoms with Gasteiger partial charge in [0.2, 0.25) is 5.95 Å². The van der Waals surface area contributed by atoms with Crippen molar-refractivity contribution in [3.63, 3.8) is 0 Å². The maximum absolute atomic E-state index is 12.6. The molecule has 10 nitrogen and oxygen atoms in total. The number of likely N-dealkylation sites (tertiary alicyclic amines) is 1. The average Bonchev–Trinajstić information content (AvgIpc) is 3.22. The number of fused-ring (bicyclic) bond motifs is 1. The van der Waals surface area contributed by atoms with Crippen LogP contribution in [0, 0.1) is 6.92 Å². The molecule has 1 amide bonds. The van der Waals surface area contributed by atoms with Crippen LogP contribution in [-0.2, 0) is 0 Å². The van der Waals surface area contributed by atoms with E-state index in [1.807, 2.05) is 37.3 Å². The number of aromatic nitrogens is 4. The molecule has 4 N–H and O–H groups in total. The van der Waals surface area contributed by atoms with Gasteiger partial charge in [0.15, 0.2) is 11.6 Å². The molecule has 10 heteroatoms. The van der Waals surface area contributed by atoms with E-state index in [-0.39, 0.29) is 5.91 Å². The molecule has 0 spiro atoms. The summed E-state index contributed by atoms with van der Waals surface area (Å²) in [6.45, 7) is 5.64. The van der Waals surface area contributed by atoms with E-state index >= 15 is 0 Å². The van der Waals surface area contributed by atoms with Crippen molar-refractivity contribution >= 4 is 40.1 Å². The molecule has 1 saturated heterocycles. The van der Waals surface area contributed by atoms with E-state index in [2.05, 4.69) is 41.0 Å². The summed E-state index contributed by atoms with van der Waals surface area (Å²) >= 11 is 0. The van der Waals surface area contributed by atoms with Gasteiger partial charge in [-0.3, -0.25) is 9.89 Å². The first-order valence-electron chi connectivity index (χ1n) is 12.6. The van der Waals surface area contributed by atoms with Crippen molar-refractivity contribution in [3.05, 3.63) is 53.5 Å². The van der Waals surface area contributed by atoms with Gasteiger partial charge >= 0.3 is 0 Å². The lowest BCUT2D eigenvalue weighted by Crippen LogP contribution is -2.33. The average molecular weight is 487 g/mol. The molecule has 3 aromatic heterocycles. The van der Waals surface area contributed by atoms with E-state index in [1.165, 1.54) is 25.7 Å². The molecule has 4 aromatic rings. The second-order valence-corrected chi connectivity index (χ2v) is 9.62. The van der Waals surface area contributed by atoms with Crippen molar-refractivity contribution in [2.45, 2.75) is 38.5 Å². The van der Waals surface area contributed by atoms with Crippen LogP contribution < -0.4 is 16.0 Å². The lowest BCUT2D eigenvalue weighted by Gasteiger charge is -2.14. The normalized spacial score (nSPS) is 15.9. The van der Waals surface area contributed by atoms with E-state index in [0.717, 1.165) is 47.9 Å². The summed E-state index contributed by atoms with van der Waals surface area (Å²) in [5.41, 5.74) is 3.44. The lowest BCUT2D eigenvalue weighted by atomic mass is 10.2. The van der Waals surface area contributed by atoms with Crippen molar-refractivity contribution in [3.8, 4) is 0 Å². The van der Waals surface area contributed by atoms with E-state index in [9.17, 15) is 4.79 Å². The third kappa shape index (κ3) is 5.18. The summed E-state index contributed by atoms with van der Waals surface area (Å²) in [5.74, 6) is 2.60. The van der Waals surface area contributed by atoms with Gasteiger partial charge in [0.25, 0.3) is 5.91 Å². The fourth-order valence-corrected chi connectivity index (χ4v) is 4.61. The van der Waals surface area contributed by atoms with Crippen molar-refractivity contribution in [1.82, 2.24) is 30.4 Å². The van der Waals surface area contributed by atoms with E-state index in [0.29, 0.717) is 35.6 Å². The molecule has 36 heavy (non-hydrogen) atoms. The van der Waals surface area contributed by atoms with Crippen LogP contribution in [0.4, 0.5) is 23.3 Å². The van der Waals surface area contributed by atoms with Crippen LogP contribution >= 0.6 is 0 Å². The molecular weight excluding hydrogens is 456 g/mol. The van der Waals surface area contributed by atoms with Crippen molar-refractivity contribution in [2.24, 2.45) is 0 Å². The van der Waals surface area contributed by atoms with E-state index in [4.69, 9.17) is 4.42 Å². The monoisotopic (exact) mass is 486 g/mol. The number of aryl methyl sites for hydroxylation is 1. The number of hydrogen-bond acceptors (Lipinski definition) is 8. The first-order valence-corrected chi connectivity index (χ1v) is 12.6. The molecule has 0 radical (unpaired) electrons. The molecule has 1 aromatic carbocycles. The number of furan rings is 1. The van der Waals surface area contributed by atoms with Gasteiger partial charge in [0.1, 0.15) is 11.4 Å². The molecule has 1 aliphatic heterocycles. The van der Waals surface area contributed by atoms with Gasteiger partial charge in [-0.1, -0.05) is 0 Å². The number of H-pyrrole nitrogens is 1. The Morgan fingerprint density at radius 2 is 1.94 bits per heavy atom. The highest BCUT2D eigenvalue weighted by Crippen LogP contribution is 2.39. The Kier molecular flexibility index (Phi) is 6.02. The van der Waals surface area contributed by atoms with Crippen molar-refractivity contribution in [2.75, 3.05) is 36.8 Å². The van der Waals surface area contributed by atoms with Crippen LogP contribution in [0.1, 0.15) is 53.5 Å².